The number of para-hydroxylation sites is 2. The zero-order valence-electron chi connectivity index (χ0n) is 12.6. The van der Waals surface area contributed by atoms with Gasteiger partial charge in [-0.1, -0.05) is 37.8 Å². The summed E-state index contributed by atoms with van der Waals surface area (Å²) in [5.74, 6) is 2.99. The molecule has 20 heavy (non-hydrogen) atoms. The van der Waals surface area contributed by atoms with E-state index < -0.39 is 0 Å². The maximum absolute atomic E-state index is 5.72. The van der Waals surface area contributed by atoms with Gasteiger partial charge in [0.05, 0.1) is 12.3 Å². The molecule has 0 heterocycles. The van der Waals surface area contributed by atoms with Crippen LogP contribution in [0.5, 0.6) is 5.75 Å². The summed E-state index contributed by atoms with van der Waals surface area (Å²) in [5.41, 5.74) is 1.17. The Bertz CT molecular complexity index is 431. The lowest BCUT2D eigenvalue weighted by Crippen LogP contribution is -2.34. The van der Waals surface area contributed by atoms with Crippen molar-refractivity contribution in [1.82, 2.24) is 0 Å². The lowest BCUT2D eigenvalue weighted by molar-refractivity contribution is 0.162. The van der Waals surface area contributed by atoms with Crippen molar-refractivity contribution in [1.29, 1.82) is 0 Å². The average molecular weight is 273 g/mol. The Balaban J connectivity index is 1.63. The average Bonchev–Trinajstić information content (AvgIpc) is 2.49. The standard InChI is InChI=1S/C18H27NO/c1-2-20-18-10-6-5-9-17(18)19-16-12-11-14-7-3-4-8-15(14)13-16/h5-6,9-10,14-16,19H,2-4,7-8,11-13H2,1H3. The molecule has 3 rings (SSSR count). The summed E-state index contributed by atoms with van der Waals surface area (Å²) in [7, 11) is 0. The minimum absolute atomic E-state index is 0.635. The number of hydrogen-bond acceptors (Lipinski definition) is 2. The first kappa shape index (κ1) is 13.8. The van der Waals surface area contributed by atoms with Crippen LogP contribution >= 0.6 is 0 Å². The summed E-state index contributed by atoms with van der Waals surface area (Å²) in [6.07, 6.45) is 9.94. The monoisotopic (exact) mass is 273 g/mol. The second-order valence-corrected chi connectivity index (χ2v) is 6.39. The molecule has 0 aliphatic heterocycles. The summed E-state index contributed by atoms with van der Waals surface area (Å²) in [6, 6.07) is 9.00. The summed E-state index contributed by atoms with van der Waals surface area (Å²) < 4.78 is 5.72. The molecule has 2 aliphatic rings. The van der Waals surface area contributed by atoms with E-state index in [1.165, 1.54) is 50.6 Å². The van der Waals surface area contributed by atoms with Crippen molar-refractivity contribution in [3.63, 3.8) is 0 Å². The molecule has 1 aromatic carbocycles. The summed E-state index contributed by atoms with van der Waals surface area (Å²) >= 11 is 0. The molecule has 2 nitrogen and oxygen atoms in total. The zero-order valence-corrected chi connectivity index (χ0v) is 12.6. The molecule has 0 bridgehead atoms. The Hall–Kier alpha value is -1.18. The number of ether oxygens (including phenoxy) is 1. The van der Waals surface area contributed by atoms with E-state index in [0.717, 1.165) is 24.2 Å². The number of nitrogens with one attached hydrogen (secondary N) is 1. The van der Waals surface area contributed by atoms with Gasteiger partial charge in [-0.15, -0.1) is 0 Å². The summed E-state index contributed by atoms with van der Waals surface area (Å²) in [6.45, 7) is 2.78. The Kier molecular flexibility index (Phi) is 4.49. The van der Waals surface area contributed by atoms with Crippen LogP contribution in [0.15, 0.2) is 24.3 Å². The fraction of sp³-hybridized carbons (Fsp3) is 0.667. The van der Waals surface area contributed by atoms with Crippen molar-refractivity contribution in [2.75, 3.05) is 11.9 Å². The van der Waals surface area contributed by atoms with Crippen molar-refractivity contribution in [2.24, 2.45) is 11.8 Å². The molecule has 3 atom stereocenters. The predicted molar refractivity (Wildman–Crippen MR) is 84.3 cm³/mol. The van der Waals surface area contributed by atoms with Crippen molar-refractivity contribution in [2.45, 2.75) is 57.9 Å². The molecule has 0 aromatic heterocycles. The Morgan fingerprint density at radius 1 is 1.05 bits per heavy atom. The van der Waals surface area contributed by atoms with Crippen LogP contribution in [0, 0.1) is 11.8 Å². The first-order chi connectivity index (χ1) is 9.86. The molecule has 3 unspecified atom stereocenters. The van der Waals surface area contributed by atoms with Crippen molar-refractivity contribution in [3.05, 3.63) is 24.3 Å². The van der Waals surface area contributed by atoms with Crippen LogP contribution in [-0.4, -0.2) is 12.6 Å². The number of anilines is 1. The van der Waals surface area contributed by atoms with Gasteiger partial charge in [0, 0.05) is 6.04 Å². The largest absolute Gasteiger partial charge is 0.492 e. The fourth-order valence-electron chi connectivity index (χ4n) is 4.09. The molecule has 0 saturated heterocycles. The molecule has 2 aliphatic carbocycles. The van der Waals surface area contributed by atoms with Crippen LogP contribution in [0.3, 0.4) is 0 Å². The minimum atomic E-state index is 0.635. The van der Waals surface area contributed by atoms with Crippen LogP contribution in [0.25, 0.3) is 0 Å². The summed E-state index contributed by atoms with van der Waals surface area (Å²) in [5, 5.41) is 3.74. The molecule has 2 fully saturated rings. The highest BCUT2D eigenvalue weighted by atomic mass is 16.5. The van der Waals surface area contributed by atoms with Gasteiger partial charge in [0.1, 0.15) is 5.75 Å². The summed E-state index contributed by atoms with van der Waals surface area (Å²) in [4.78, 5) is 0. The number of hydrogen-bond donors (Lipinski definition) is 1. The Morgan fingerprint density at radius 3 is 2.70 bits per heavy atom. The molecular weight excluding hydrogens is 246 g/mol. The molecule has 110 valence electrons. The topological polar surface area (TPSA) is 21.3 Å². The van der Waals surface area contributed by atoms with E-state index in [1.807, 2.05) is 13.0 Å². The molecule has 1 N–H and O–H groups in total. The van der Waals surface area contributed by atoms with E-state index in [0.29, 0.717) is 6.04 Å². The highest BCUT2D eigenvalue weighted by Crippen LogP contribution is 2.41. The van der Waals surface area contributed by atoms with E-state index >= 15 is 0 Å². The van der Waals surface area contributed by atoms with Crippen LogP contribution < -0.4 is 10.1 Å². The molecular formula is C18H27NO. The lowest BCUT2D eigenvalue weighted by atomic mass is 9.69. The van der Waals surface area contributed by atoms with Gasteiger partial charge in [-0.25, -0.2) is 0 Å². The highest BCUT2D eigenvalue weighted by Gasteiger charge is 2.32. The van der Waals surface area contributed by atoms with E-state index in [2.05, 4.69) is 23.5 Å². The quantitative estimate of drug-likeness (QED) is 0.846. The minimum Gasteiger partial charge on any atom is -0.492 e. The van der Waals surface area contributed by atoms with Crippen molar-refractivity contribution in [3.8, 4) is 5.75 Å². The van der Waals surface area contributed by atoms with Gasteiger partial charge in [0.15, 0.2) is 0 Å². The van der Waals surface area contributed by atoms with Gasteiger partial charge in [-0.3, -0.25) is 0 Å². The fourth-order valence-corrected chi connectivity index (χ4v) is 4.09. The van der Waals surface area contributed by atoms with Crippen LogP contribution in [0.1, 0.15) is 51.9 Å². The predicted octanol–water partition coefficient (Wildman–Crippen LogP) is 4.86. The first-order valence-electron chi connectivity index (χ1n) is 8.35. The zero-order chi connectivity index (χ0) is 13.8. The maximum atomic E-state index is 5.72. The normalized spacial score (nSPS) is 29.6. The van der Waals surface area contributed by atoms with E-state index in [9.17, 15) is 0 Å². The van der Waals surface area contributed by atoms with Crippen LogP contribution in [0.2, 0.25) is 0 Å². The van der Waals surface area contributed by atoms with Gasteiger partial charge in [-0.2, -0.15) is 0 Å². The molecule has 1 aromatic rings. The molecule has 0 radical (unpaired) electrons. The van der Waals surface area contributed by atoms with Gasteiger partial charge < -0.3 is 10.1 Å². The molecule has 0 spiro atoms. The van der Waals surface area contributed by atoms with Gasteiger partial charge in [0.2, 0.25) is 0 Å². The van der Waals surface area contributed by atoms with Gasteiger partial charge in [0.25, 0.3) is 0 Å². The number of rotatable bonds is 4. The van der Waals surface area contributed by atoms with Crippen molar-refractivity contribution >= 4 is 5.69 Å². The number of fused-ring (bicyclic) bond motifs is 1. The number of benzene rings is 1. The SMILES string of the molecule is CCOc1ccccc1NC1CCC2CCCCC2C1. The first-order valence-corrected chi connectivity index (χ1v) is 8.35. The van der Waals surface area contributed by atoms with E-state index in [-0.39, 0.29) is 0 Å². The van der Waals surface area contributed by atoms with Crippen LogP contribution in [-0.2, 0) is 0 Å². The maximum Gasteiger partial charge on any atom is 0.142 e. The lowest BCUT2D eigenvalue weighted by Gasteiger charge is -2.40. The van der Waals surface area contributed by atoms with Gasteiger partial charge in [-0.05, 0) is 50.2 Å². The van der Waals surface area contributed by atoms with Crippen LogP contribution in [0.4, 0.5) is 5.69 Å². The third-order valence-electron chi connectivity index (χ3n) is 5.09. The smallest absolute Gasteiger partial charge is 0.142 e. The second kappa shape index (κ2) is 6.51. The van der Waals surface area contributed by atoms with Gasteiger partial charge >= 0.3 is 0 Å². The molecule has 0 amide bonds. The highest BCUT2D eigenvalue weighted by molar-refractivity contribution is 5.56. The third-order valence-corrected chi connectivity index (χ3v) is 5.09. The Labute approximate surface area is 122 Å². The molecule has 2 saturated carbocycles. The second-order valence-electron chi connectivity index (χ2n) is 6.39. The van der Waals surface area contributed by atoms with E-state index in [4.69, 9.17) is 4.74 Å². The Morgan fingerprint density at radius 2 is 1.85 bits per heavy atom. The van der Waals surface area contributed by atoms with E-state index in [1.54, 1.807) is 0 Å². The third kappa shape index (κ3) is 3.11. The molecule has 2 heteroatoms. The van der Waals surface area contributed by atoms with Crippen molar-refractivity contribution < 1.29 is 4.74 Å².